The second kappa shape index (κ2) is 4.13. The molecule has 0 unspecified atom stereocenters. The SMILES string of the molecule is OCCN1C=C2NC(CF)=CC(=S)N2N1. The Morgan fingerprint density at radius 1 is 1.53 bits per heavy atom. The number of allylic oxidation sites excluding steroid dienone is 1. The molecule has 0 amide bonds. The van der Waals surface area contributed by atoms with Crippen molar-refractivity contribution < 1.29 is 9.50 Å². The van der Waals surface area contributed by atoms with Crippen LogP contribution in [0.1, 0.15) is 0 Å². The average molecular weight is 230 g/mol. The summed E-state index contributed by atoms with van der Waals surface area (Å²) in [5, 5.41) is 14.9. The van der Waals surface area contributed by atoms with Gasteiger partial charge in [0.25, 0.3) is 0 Å². The maximum atomic E-state index is 12.4. The molecule has 2 rings (SSSR count). The summed E-state index contributed by atoms with van der Waals surface area (Å²) in [5.41, 5.74) is 3.37. The van der Waals surface area contributed by atoms with Crippen molar-refractivity contribution in [1.29, 1.82) is 0 Å². The third kappa shape index (κ3) is 1.94. The maximum Gasteiger partial charge on any atom is 0.145 e. The molecule has 0 aliphatic carbocycles. The molecule has 3 N–H and O–H groups in total. The Labute approximate surface area is 91.8 Å². The fraction of sp³-hybridized carbons (Fsp3) is 0.375. The van der Waals surface area contributed by atoms with E-state index in [1.54, 1.807) is 22.3 Å². The van der Waals surface area contributed by atoms with E-state index >= 15 is 0 Å². The number of thiocarbonyl (C=S) groups is 1. The molecule has 0 spiro atoms. The van der Waals surface area contributed by atoms with Gasteiger partial charge in [0.05, 0.1) is 25.0 Å². The molecule has 0 aromatic heterocycles. The number of aliphatic hydroxyl groups excluding tert-OH is 1. The van der Waals surface area contributed by atoms with E-state index in [-0.39, 0.29) is 6.61 Å². The molecule has 82 valence electrons. The number of fused-ring (bicyclic) bond motifs is 1. The largest absolute Gasteiger partial charge is 0.394 e. The molecule has 0 saturated heterocycles. The lowest BCUT2D eigenvalue weighted by molar-refractivity contribution is 0.151. The van der Waals surface area contributed by atoms with Crippen LogP contribution < -0.4 is 10.9 Å². The molecule has 0 fully saturated rings. The van der Waals surface area contributed by atoms with E-state index in [1.165, 1.54) is 0 Å². The van der Waals surface area contributed by atoms with Crippen LogP contribution in [-0.2, 0) is 0 Å². The molecule has 2 aliphatic heterocycles. The first kappa shape index (κ1) is 10.3. The molecule has 7 heteroatoms. The van der Waals surface area contributed by atoms with Gasteiger partial charge in [-0.2, -0.15) is 0 Å². The van der Waals surface area contributed by atoms with Crippen LogP contribution in [0, 0.1) is 0 Å². The summed E-state index contributed by atoms with van der Waals surface area (Å²) < 4.78 is 12.4. The summed E-state index contributed by atoms with van der Waals surface area (Å²) in [6.07, 6.45) is 3.29. The Kier molecular flexibility index (Phi) is 2.85. The number of hydrogen-bond acceptors (Lipinski definition) is 5. The highest BCUT2D eigenvalue weighted by Gasteiger charge is 2.26. The summed E-state index contributed by atoms with van der Waals surface area (Å²) in [4.78, 5) is 0.494. The third-order valence-electron chi connectivity index (χ3n) is 2.04. The van der Waals surface area contributed by atoms with Crippen molar-refractivity contribution in [2.24, 2.45) is 0 Å². The van der Waals surface area contributed by atoms with Crippen molar-refractivity contribution in [2.45, 2.75) is 0 Å². The number of halogens is 1. The van der Waals surface area contributed by atoms with Crippen molar-refractivity contribution in [2.75, 3.05) is 19.8 Å². The van der Waals surface area contributed by atoms with Crippen molar-refractivity contribution in [1.82, 2.24) is 20.9 Å². The van der Waals surface area contributed by atoms with Crippen molar-refractivity contribution in [3.63, 3.8) is 0 Å². The van der Waals surface area contributed by atoms with Gasteiger partial charge in [0.15, 0.2) is 0 Å². The van der Waals surface area contributed by atoms with Gasteiger partial charge in [-0.1, -0.05) is 12.2 Å². The lowest BCUT2D eigenvalue weighted by Gasteiger charge is -2.27. The third-order valence-corrected chi connectivity index (χ3v) is 2.34. The minimum atomic E-state index is -0.578. The summed E-state index contributed by atoms with van der Waals surface area (Å²) >= 11 is 5.07. The zero-order valence-electron chi connectivity index (χ0n) is 7.90. The normalized spacial score (nSPS) is 19.7. The van der Waals surface area contributed by atoms with Gasteiger partial charge in [-0.25, -0.2) is 9.40 Å². The molecule has 5 nitrogen and oxygen atoms in total. The van der Waals surface area contributed by atoms with Gasteiger partial charge in [-0.15, -0.1) is 5.53 Å². The van der Waals surface area contributed by atoms with Crippen LogP contribution in [0.25, 0.3) is 0 Å². The van der Waals surface area contributed by atoms with Crippen LogP contribution >= 0.6 is 12.2 Å². The molecule has 0 atom stereocenters. The predicted octanol–water partition coefficient (Wildman–Crippen LogP) is -0.401. The molecule has 2 heterocycles. The summed E-state index contributed by atoms with van der Waals surface area (Å²) in [6, 6.07) is 0. The van der Waals surface area contributed by atoms with Gasteiger partial charge in [0.2, 0.25) is 0 Å². The summed E-state index contributed by atoms with van der Waals surface area (Å²) in [6.45, 7) is -0.110. The van der Waals surface area contributed by atoms with Crippen molar-refractivity contribution in [3.8, 4) is 0 Å². The van der Waals surface area contributed by atoms with Gasteiger partial charge < -0.3 is 10.4 Å². The van der Waals surface area contributed by atoms with Gasteiger partial charge >= 0.3 is 0 Å². The summed E-state index contributed by atoms with van der Waals surface area (Å²) in [7, 11) is 0. The molecule has 15 heavy (non-hydrogen) atoms. The Balaban J connectivity index is 2.13. The number of hydrogen-bond donors (Lipinski definition) is 3. The minimum Gasteiger partial charge on any atom is -0.394 e. The van der Waals surface area contributed by atoms with Gasteiger partial charge in [-0.3, -0.25) is 5.01 Å². The Hall–Kier alpha value is -1.18. The highest BCUT2D eigenvalue weighted by atomic mass is 32.1. The van der Waals surface area contributed by atoms with Crippen molar-refractivity contribution >= 4 is 17.2 Å². The van der Waals surface area contributed by atoms with Crippen LogP contribution in [0.3, 0.4) is 0 Å². The lowest BCUT2D eigenvalue weighted by Crippen LogP contribution is -2.47. The fourth-order valence-electron chi connectivity index (χ4n) is 1.38. The van der Waals surface area contributed by atoms with E-state index in [9.17, 15) is 4.39 Å². The van der Waals surface area contributed by atoms with E-state index < -0.39 is 6.67 Å². The highest BCUT2D eigenvalue weighted by Crippen LogP contribution is 2.16. The molecule has 0 aromatic carbocycles. The van der Waals surface area contributed by atoms with Crippen LogP contribution in [0.15, 0.2) is 23.8 Å². The maximum absolute atomic E-state index is 12.4. The van der Waals surface area contributed by atoms with E-state index in [4.69, 9.17) is 17.3 Å². The van der Waals surface area contributed by atoms with E-state index in [2.05, 4.69) is 10.9 Å². The first-order valence-corrected chi connectivity index (χ1v) is 4.88. The first-order valence-electron chi connectivity index (χ1n) is 4.48. The number of nitrogens with zero attached hydrogens (tertiary/aromatic N) is 2. The highest BCUT2D eigenvalue weighted by molar-refractivity contribution is 7.80. The number of aliphatic hydroxyl groups is 1. The molecule has 0 saturated carbocycles. The van der Waals surface area contributed by atoms with Crippen molar-refractivity contribution in [3.05, 3.63) is 23.8 Å². The van der Waals surface area contributed by atoms with Crippen LogP contribution in [0.4, 0.5) is 4.39 Å². The molecule has 0 bridgehead atoms. The number of nitrogens with one attached hydrogen (secondary N) is 2. The van der Waals surface area contributed by atoms with E-state index in [1.807, 2.05) is 0 Å². The molecule has 0 aromatic rings. The Morgan fingerprint density at radius 3 is 3.00 bits per heavy atom. The van der Waals surface area contributed by atoms with Gasteiger partial charge in [0, 0.05) is 0 Å². The number of alkyl halides is 1. The molecular formula is C8H11FN4OS. The van der Waals surface area contributed by atoms with Crippen LogP contribution in [0.5, 0.6) is 0 Å². The topological polar surface area (TPSA) is 50.8 Å². The van der Waals surface area contributed by atoms with E-state index in [0.717, 1.165) is 0 Å². The second-order valence-corrected chi connectivity index (χ2v) is 3.55. The lowest BCUT2D eigenvalue weighted by atomic mass is 10.3. The zero-order chi connectivity index (χ0) is 10.8. The monoisotopic (exact) mass is 230 g/mol. The number of β-amino-alcohol motifs (C(OH)–C–C–N with tert-alkyl or cyclic N) is 1. The van der Waals surface area contributed by atoms with Gasteiger partial charge in [-0.05, 0) is 6.08 Å². The summed E-state index contributed by atoms with van der Waals surface area (Å²) in [5.74, 6) is 0.670. The molecule has 2 aliphatic rings. The van der Waals surface area contributed by atoms with Crippen LogP contribution in [0.2, 0.25) is 0 Å². The average Bonchev–Trinajstić information content (AvgIpc) is 2.61. The number of rotatable bonds is 3. The first-order chi connectivity index (χ1) is 7.24. The fourth-order valence-corrected chi connectivity index (χ4v) is 1.66. The predicted molar refractivity (Wildman–Crippen MR) is 56.6 cm³/mol. The van der Waals surface area contributed by atoms with Gasteiger partial charge in [0.1, 0.15) is 17.5 Å². The Morgan fingerprint density at radius 2 is 2.33 bits per heavy atom. The molecule has 0 radical (unpaired) electrons. The Bertz CT molecular complexity index is 344. The smallest absolute Gasteiger partial charge is 0.145 e. The zero-order valence-corrected chi connectivity index (χ0v) is 8.72. The molecular weight excluding hydrogens is 219 g/mol. The quantitative estimate of drug-likeness (QED) is 0.574. The standard InChI is InChI=1S/C8H11FN4OS/c9-4-6-3-8(15)13-7(10-6)5-12(11-13)1-2-14/h3,5,10-11,14H,1-2,4H2. The second-order valence-electron chi connectivity index (χ2n) is 3.13. The number of hydrazine groups is 2. The minimum absolute atomic E-state index is 0.0286. The van der Waals surface area contributed by atoms with E-state index in [0.29, 0.717) is 23.1 Å². The van der Waals surface area contributed by atoms with Crippen LogP contribution in [-0.4, -0.2) is 39.9 Å².